The van der Waals surface area contributed by atoms with Crippen LogP contribution in [0.15, 0.2) is 30.3 Å². The van der Waals surface area contributed by atoms with Crippen molar-refractivity contribution in [1.82, 2.24) is 15.3 Å². The van der Waals surface area contributed by atoms with Gasteiger partial charge >= 0.3 is 5.97 Å². The second-order valence-electron chi connectivity index (χ2n) is 13.0. The number of likely N-dealkylation sites (N-methyl/N-ethyl adjacent to an activating group) is 1. The Kier molecular flexibility index (Phi) is 10.7. The lowest BCUT2D eigenvalue weighted by molar-refractivity contribution is -0.224. The Morgan fingerprint density at radius 1 is 1.09 bits per heavy atom. The average Bonchev–Trinajstić information content (AvgIpc) is 3.57. The summed E-state index contributed by atoms with van der Waals surface area (Å²) in [6.07, 6.45) is 8.45. The molecule has 2 bridgehead atoms. The zero-order valence-electron chi connectivity index (χ0n) is 27.0. The molecule has 0 aromatic heterocycles. The van der Waals surface area contributed by atoms with Crippen molar-refractivity contribution in [2.45, 2.75) is 114 Å². The smallest absolute Gasteiger partial charge is 0.327 e. The Hall–Kier alpha value is -2.83. The summed E-state index contributed by atoms with van der Waals surface area (Å²) in [5.41, 5.74) is 0.373. The third-order valence-corrected chi connectivity index (χ3v) is 9.54. The van der Waals surface area contributed by atoms with Gasteiger partial charge in [-0.2, -0.15) is 5.06 Å². The van der Waals surface area contributed by atoms with Crippen LogP contribution in [-0.4, -0.2) is 96.3 Å². The van der Waals surface area contributed by atoms with Crippen molar-refractivity contribution in [3.8, 4) is 0 Å². The molecule has 11 nitrogen and oxygen atoms in total. The molecule has 5 rings (SSSR count). The van der Waals surface area contributed by atoms with Crippen LogP contribution >= 0.6 is 0 Å². The number of carbonyl (C=O) groups excluding carboxylic acids is 3. The first-order valence-corrected chi connectivity index (χ1v) is 16.5. The maximum Gasteiger partial charge on any atom is 0.327 e. The summed E-state index contributed by atoms with van der Waals surface area (Å²) in [5.74, 6) is -1.84. The van der Waals surface area contributed by atoms with Crippen LogP contribution in [0.5, 0.6) is 0 Å². The van der Waals surface area contributed by atoms with Crippen LogP contribution in [0, 0.1) is 5.41 Å². The highest BCUT2D eigenvalue weighted by Gasteiger charge is 2.76. The lowest BCUT2D eigenvalue weighted by atomic mass is 9.62. The van der Waals surface area contributed by atoms with Gasteiger partial charge in [0.05, 0.1) is 13.2 Å². The molecule has 0 spiro atoms. The first-order chi connectivity index (χ1) is 21.7. The summed E-state index contributed by atoms with van der Waals surface area (Å²) < 4.78 is 19.7. The molecule has 4 aliphatic rings. The van der Waals surface area contributed by atoms with Gasteiger partial charge in [-0.25, -0.2) is 0 Å². The van der Waals surface area contributed by atoms with Crippen LogP contribution < -0.4 is 5.32 Å². The molecule has 3 aliphatic heterocycles. The normalized spacial score (nSPS) is 29.9. The molecule has 1 aromatic carbocycles. The Bertz CT molecular complexity index is 1240. The van der Waals surface area contributed by atoms with Crippen LogP contribution in [0.2, 0.25) is 0 Å². The molecular formula is C34H49N3O8. The van der Waals surface area contributed by atoms with Gasteiger partial charge in [-0.1, -0.05) is 63.8 Å². The van der Waals surface area contributed by atoms with Gasteiger partial charge < -0.3 is 29.5 Å². The first-order valence-electron chi connectivity index (χ1n) is 16.5. The summed E-state index contributed by atoms with van der Waals surface area (Å²) in [4.78, 5) is 48.1. The fourth-order valence-electron chi connectivity index (χ4n) is 7.32. The number of rotatable bonds is 15. The molecule has 248 valence electrons. The van der Waals surface area contributed by atoms with E-state index >= 15 is 0 Å². The highest BCUT2D eigenvalue weighted by Crippen LogP contribution is 2.58. The quantitative estimate of drug-likeness (QED) is 0.171. The largest absolute Gasteiger partial charge is 0.458 e. The van der Waals surface area contributed by atoms with E-state index in [1.165, 1.54) is 11.0 Å². The van der Waals surface area contributed by atoms with Crippen LogP contribution in [-0.2, 0) is 40.0 Å². The molecule has 2 N–H and O–H groups in total. The highest BCUT2D eigenvalue weighted by molar-refractivity contribution is 5.93. The maximum atomic E-state index is 14.0. The van der Waals surface area contributed by atoms with Crippen molar-refractivity contribution >= 4 is 23.9 Å². The van der Waals surface area contributed by atoms with Gasteiger partial charge in [-0.05, 0) is 30.0 Å². The van der Waals surface area contributed by atoms with E-state index in [9.17, 15) is 19.5 Å². The molecule has 2 unspecified atom stereocenters. The minimum Gasteiger partial charge on any atom is -0.458 e. The molecule has 3 heterocycles. The predicted molar refractivity (Wildman–Crippen MR) is 166 cm³/mol. The van der Waals surface area contributed by atoms with E-state index in [0.29, 0.717) is 0 Å². The molecule has 4 fully saturated rings. The summed E-state index contributed by atoms with van der Waals surface area (Å²) in [6.45, 7) is 4.36. The van der Waals surface area contributed by atoms with Crippen LogP contribution in [0.4, 0.5) is 0 Å². The number of aliphatic hydroxyl groups is 1. The monoisotopic (exact) mass is 627 g/mol. The Morgan fingerprint density at radius 2 is 1.80 bits per heavy atom. The van der Waals surface area contributed by atoms with E-state index in [1.807, 2.05) is 24.3 Å². The Balaban J connectivity index is 1.47. The van der Waals surface area contributed by atoms with Crippen molar-refractivity contribution in [3.63, 3.8) is 0 Å². The van der Waals surface area contributed by atoms with E-state index in [-0.39, 0.29) is 37.9 Å². The van der Waals surface area contributed by atoms with Gasteiger partial charge in [0.2, 0.25) is 11.8 Å². The van der Waals surface area contributed by atoms with Gasteiger partial charge in [0.1, 0.15) is 29.8 Å². The van der Waals surface area contributed by atoms with Gasteiger partial charge in [-0.3, -0.25) is 19.2 Å². The number of aliphatic hydroxyl groups excluding tert-OH is 1. The number of ether oxygens (including phenoxy) is 3. The van der Waals surface area contributed by atoms with E-state index in [4.69, 9.17) is 19.0 Å². The van der Waals surface area contributed by atoms with Crippen molar-refractivity contribution < 1.29 is 38.5 Å². The third-order valence-electron chi connectivity index (χ3n) is 9.54. The molecule has 45 heavy (non-hydrogen) atoms. The number of fused-ring (bicyclic) bond motifs is 4. The van der Waals surface area contributed by atoms with Gasteiger partial charge in [0.25, 0.3) is 0 Å². The number of carbonyl (C=O) groups is 3. The molecule has 6 atom stereocenters. The number of unbranched alkanes of at least 4 members (excludes halogenated alkanes) is 4. The van der Waals surface area contributed by atoms with E-state index in [1.54, 1.807) is 25.2 Å². The standard InChI is InChI=1S/C34H49N3O8/c1-5-7-9-16-33(17-10-8-6-2)43-27-25-21-34(32(41)35-18-19-38)29(31(40)42-25)37(45-30(34)28(27)44-33)22-24-13-11-12-23(20-24)14-15-26(39)36(3)4/h11-15,20,25,27-30,38H,5-10,16-19,21-22H2,1-4H3,(H,35,41)/t25?,27-,28-,29-,30+,34?/m0/s1. The minimum atomic E-state index is -1.28. The Labute approximate surface area is 266 Å². The SMILES string of the molecule is CCCCCC1(CCCCC)O[C@@H]2[C@H]3ON(Cc4cccc(C=CC(=O)N(C)C)c4)[C@H]4C(=O)OC(CC34C(=O)NCCO)[C@@H]2O1. The van der Waals surface area contributed by atoms with E-state index < -0.39 is 47.6 Å². The molecule has 1 saturated carbocycles. The summed E-state index contributed by atoms with van der Waals surface area (Å²) in [7, 11) is 3.38. The number of hydroxylamine groups is 2. The zero-order chi connectivity index (χ0) is 32.2. The van der Waals surface area contributed by atoms with E-state index in [0.717, 1.165) is 62.5 Å². The lowest BCUT2D eigenvalue weighted by Gasteiger charge is -2.48. The van der Waals surface area contributed by atoms with Gasteiger partial charge in [0, 0.05) is 46.0 Å². The maximum absolute atomic E-state index is 14.0. The first kappa shape index (κ1) is 33.5. The number of nitrogens with zero attached hydrogens (tertiary/aromatic N) is 2. The fourth-order valence-corrected chi connectivity index (χ4v) is 7.32. The predicted octanol–water partition coefficient (Wildman–Crippen LogP) is 3.34. The second kappa shape index (κ2) is 14.3. The third kappa shape index (κ3) is 6.69. The fraction of sp³-hybridized carbons (Fsp3) is 0.676. The molecular weight excluding hydrogens is 578 g/mol. The number of esters is 1. The van der Waals surface area contributed by atoms with Crippen LogP contribution in [0.3, 0.4) is 0 Å². The zero-order valence-corrected chi connectivity index (χ0v) is 27.0. The molecule has 0 radical (unpaired) electrons. The molecule has 1 aromatic rings. The topological polar surface area (TPSA) is 127 Å². The highest BCUT2D eigenvalue weighted by atomic mass is 16.8. The Morgan fingerprint density at radius 3 is 2.47 bits per heavy atom. The van der Waals surface area contributed by atoms with Crippen molar-refractivity contribution in [2.24, 2.45) is 5.41 Å². The van der Waals surface area contributed by atoms with Gasteiger partial charge in [0.15, 0.2) is 11.8 Å². The average molecular weight is 628 g/mol. The summed E-state index contributed by atoms with van der Waals surface area (Å²) in [6, 6.07) is 6.59. The number of benzene rings is 1. The summed E-state index contributed by atoms with van der Waals surface area (Å²) >= 11 is 0. The molecule has 2 amide bonds. The van der Waals surface area contributed by atoms with Crippen molar-refractivity contribution in [1.29, 1.82) is 0 Å². The van der Waals surface area contributed by atoms with Crippen LogP contribution in [0.1, 0.15) is 82.8 Å². The number of amides is 2. The second-order valence-corrected chi connectivity index (χ2v) is 13.0. The minimum absolute atomic E-state index is 0.0587. The number of hydrogen-bond acceptors (Lipinski definition) is 9. The number of nitrogens with one attached hydrogen (secondary N) is 1. The molecule has 1 aliphatic carbocycles. The number of hydrogen-bond donors (Lipinski definition) is 2. The van der Waals surface area contributed by atoms with Gasteiger partial charge in [-0.15, -0.1) is 0 Å². The lowest BCUT2D eigenvalue weighted by Crippen LogP contribution is -2.69. The molecule has 11 heteroatoms. The van der Waals surface area contributed by atoms with E-state index in [2.05, 4.69) is 19.2 Å². The summed E-state index contributed by atoms with van der Waals surface area (Å²) in [5, 5.41) is 13.9. The van der Waals surface area contributed by atoms with Crippen molar-refractivity contribution in [2.75, 3.05) is 27.2 Å². The van der Waals surface area contributed by atoms with Crippen LogP contribution in [0.25, 0.3) is 6.08 Å². The van der Waals surface area contributed by atoms with Crippen molar-refractivity contribution in [3.05, 3.63) is 41.5 Å². The molecule has 3 saturated heterocycles.